The van der Waals surface area contributed by atoms with E-state index in [2.05, 4.69) is 43.1 Å². The van der Waals surface area contributed by atoms with Crippen molar-refractivity contribution in [2.75, 3.05) is 6.54 Å². The molecule has 0 saturated heterocycles. The van der Waals surface area contributed by atoms with E-state index in [9.17, 15) is 0 Å². The van der Waals surface area contributed by atoms with Crippen molar-refractivity contribution in [2.45, 2.75) is 59.0 Å². The summed E-state index contributed by atoms with van der Waals surface area (Å²) in [4.78, 5) is 4.35. The number of hydrogen-bond donors (Lipinski definition) is 1. The van der Waals surface area contributed by atoms with Crippen molar-refractivity contribution in [1.82, 2.24) is 20.1 Å². The summed E-state index contributed by atoms with van der Waals surface area (Å²) in [6, 6.07) is 0.915. The van der Waals surface area contributed by atoms with Crippen LogP contribution in [0.1, 0.15) is 52.4 Å². The van der Waals surface area contributed by atoms with Crippen LogP contribution in [0.5, 0.6) is 0 Å². The van der Waals surface area contributed by atoms with Crippen molar-refractivity contribution in [3.63, 3.8) is 0 Å². The van der Waals surface area contributed by atoms with E-state index < -0.39 is 0 Å². The largest absolute Gasteiger partial charge is 0.314 e. The summed E-state index contributed by atoms with van der Waals surface area (Å²) < 4.78 is 2.01. The minimum Gasteiger partial charge on any atom is -0.314 e. The predicted molar refractivity (Wildman–Crippen MR) is 66.5 cm³/mol. The molecule has 1 rings (SSSR count). The number of aromatic nitrogens is 3. The van der Waals surface area contributed by atoms with E-state index in [4.69, 9.17) is 0 Å². The molecule has 0 spiro atoms. The summed E-state index contributed by atoms with van der Waals surface area (Å²) >= 11 is 0. The summed E-state index contributed by atoms with van der Waals surface area (Å²) in [7, 11) is 0. The average Bonchev–Trinajstić information content (AvgIpc) is 2.66. The van der Waals surface area contributed by atoms with Crippen LogP contribution in [0.15, 0.2) is 6.33 Å². The number of likely N-dealkylation sites (N-methyl/N-ethyl adjacent to an activating group) is 1. The maximum absolute atomic E-state index is 4.35. The van der Waals surface area contributed by atoms with Crippen molar-refractivity contribution >= 4 is 0 Å². The maximum Gasteiger partial charge on any atom is 0.138 e. The van der Waals surface area contributed by atoms with Gasteiger partial charge in [-0.15, -0.1) is 0 Å². The Labute approximate surface area is 98.5 Å². The second-order valence-electron chi connectivity index (χ2n) is 4.46. The lowest BCUT2D eigenvalue weighted by Crippen LogP contribution is -2.32. The van der Waals surface area contributed by atoms with Gasteiger partial charge in [0.15, 0.2) is 0 Å². The van der Waals surface area contributed by atoms with E-state index in [1.54, 1.807) is 6.33 Å². The molecule has 0 aliphatic rings. The number of nitrogens with one attached hydrogen (secondary N) is 1. The van der Waals surface area contributed by atoms with Crippen LogP contribution in [0.25, 0.3) is 0 Å². The van der Waals surface area contributed by atoms with Crippen LogP contribution in [-0.2, 0) is 6.42 Å². The van der Waals surface area contributed by atoms with Gasteiger partial charge in [0.25, 0.3) is 0 Å². The average molecular weight is 224 g/mol. The molecule has 1 heterocycles. The van der Waals surface area contributed by atoms with Crippen molar-refractivity contribution in [1.29, 1.82) is 0 Å². The Kier molecular flexibility index (Phi) is 5.46. The summed E-state index contributed by atoms with van der Waals surface area (Å²) in [5.74, 6) is 1.09. The van der Waals surface area contributed by atoms with E-state index in [1.807, 2.05) is 4.68 Å². The quantitative estimate of drug-likeness (QED) is 0.772. The molecular formula is C12H24N4. The third kappa shape index (κ3) is 3.59. The van der Waals surface area contributed by atoms with Crippen molar-refractivity contribution in [3.8, 4) is 0 Å². The van der Waals surface area contributed by atoms with Gasteiger partial charge in [-0.2, -0.15) is 5.10 Å². The van der Waals surface area contributed by atoms with Crippen LogP contribution in [-0.4, -0.2) is 27.4 Å². The molecule has 0 bridgehead atoms. The fourth-order valence-electron chi connectivity index (χ4n) is 1.99. The van der Waals surface area contributed by atoms with Gasteiger partial charge in [-0.05, 0) is 26.8 Å². The molecule has 0 aromatic carbocycles. The molecule has 4 nitrogen and oxygen atoms in total. The van der Waals surface area contributed by atoms with Crippen LogP contribution in [0.2, 0.25) is 0 Å². The highest BCUT2D eigenvalue weighted by Gasteiger charge is 2.13. The summed E-state index contributed by atoms with van der Waals surface area (Å²) in [6.45, 7) is 9.66. The lowest BCUT2D eigenvalue weighted by molar-refractivity contribution is 0.442. The smallest absolute Gasteiger partial charge is 0.138 e. The van der Waals surface area contributed by atoms with Gasteiger partial charge in [-0.1, -0.05) is 20.3 Å². The first-order chi connectivity index (χ1) is 7.69. The molecule has 0 aliphatic heterocycles. The minimum atomic E-state index is 0.390. The zero-order valence-corrected chi connectivity index (χ0v) is 10.9. The van der Waals surface area contributed by atoms with Crippen LogP contribution >= 0.6 is 0 Å². The Morgan fingerprint density at radius 3 is 2.69 bits per heavy atom. The molecule has 1 aromatic heterocycles. The Morgan fingerprint density at radius 1 is 1.38 bits per heavy atom. The van der Waals surface area contributed by atoms with Gasteiger partial charge in [-0.25, -0.2) is 9.67 Å². The normalized spacial score (nSPS) is 13.3. The van der Waals surface area contributed by atoms with Crippen LogP contribution in [0, 0.1) is 0 Å². The third-order valence-corrected chi connectivity index (χ3v) is 2.70. The highest BCUT2D eigenvalue weighted by atomic mass is 15.3. The lowest BCUT2D eigenvalue weighted by Gasteiger charge is -2.17. The molecule has 0 fully saturated rings. The Hall–Kier alpha value is -0.900. The highest BCUT2D eigenvalue weighted by Crippen LogP contribution is 2.09. The van der Waals surface area contributed by atoms with Gasteiger partial charge >= 0.3 is 0 Å². The first-order valence-electron chi connectivity index (χ1n) is 6.30. The summed E-state index contributed by atoms with van der Waals surface area (Å²) in [6.07, 6.45) is 5.02. The molecule has 0 radical (unpaired) electrons. The predicted octanol–water partition coefficient (Wildman–Crippen LogP) is 2.18. The molecule has 1 aromatic rings. The monoisotopic (exact) mass is 224 g/mol. The molecule has 1 unspecified atom stereocenters. The molecular weight excluding hydrogens is 200 g/mol. The van der Waals surface area contributed by atoms with E-state index >= 15 is 0 Å². The maximum atomic E-state index is 4.35. The second-order valence-corrected chi connectivity index (χ2v) is 4.46. The molecule has 0 amide bonds. The molecule has 0 saturated carbocycles. The fraction of sp³-hybridized carbons (Fsp3) is 0.833. The number of hydrogen-bond acceptors (Lipinski definition) is 3. The van der Waals surface area contributed by atoms with Gasteiger partial charge in [-0.3, -0.25) is 0 Å². The molecule has 92 valence electrons. The van der Waals surface area contributed by atoms with Gasteiger partial charge in [0, 0.05) is 18.5 Å². The zero-order chi connectivity index (χ0) is 12.0. The van der Waals surface area contributed by atoms with Crippen molar-refractivity contribution in [2.24, 2.45) is 0 Å². The lowest BCUT2D eigenvalue weighted by atomic mass is 10.1. The van der Waals surface area contributed by atoms with Crippen LogP contribution in [0.3, 0.4) is 0 Å². The van der Waals surface area contributed by atoms with E-state index in [-0.39, 0.29) is 0 Å². The summed E-state index contributed by atoms with van der Waals surface area (Å²) in [5, 5.41) is 7.77. The first-order valence-corrected chi connectivity index (χ1v) is 6.30. The molecule has 1 N–H and O–H groups in total. The van der Waals surface area contributed by atoms with Gasteiger partial charge in [0.2, 0.25) is 0 Å². The SMILES string of the molecule is CCCC(Cc1ncnn1C(C)C)NCC. The van der Waals surface area contributed by atoms with E-state index in [0.29, 0.717) is 12.1 Å². The van der Waals surface area contributed by atoms with Gasteiger partial charge in [0.05, 0.1) is 0 Å². The second kappa shape index (κ2) is 6.63. The third-order valence-electron chi connectivity index (χ3n) is 2.70. The van der Waals surface area contributed by atoms with Gasteiger partial charge in [0.1, 0.15) is 12.2 Å². The molecule has 16 heavy (non-hydrogen) atoms. The fourth-order valence-corrected chi connectivity index (χ4v) is 1.99. The minimum absolute atomic E-state index is 0.390. The first kappa shape index (κ1) is 13.2. The molecule has 0 aliphatic carbocycles. The Bertz CT molecular complexity index is 287. The summed E-state index contributed by atoms with van der Waals surface area (Å²) in [5.41, 5.74) is 0. The number of nitrogens with zero attached hydrogens (tertiary/aromatic N) is 3. The van der Waals surface area contributed by atoms with E-state index in [1.165, 1.54) is 12.8 Å². The van der Waals surface area contributed by atoms with Gasteiger partial charge < -0.3 is 5.32 Å². The van der Waals surface area contributed by atoms with Crippen molar-refractivity contribution in [3.05, 3.63) is 12.2 Å². The Morgan fingerprint density at radius 2 is 2.12 bits per heavy atom. The molecule has 1 atom stereocenters. The van der Waals surface area contributed by atoms with Crippen LogP contribution in [0.4, 0.5) is 0 Å². The van der Waals surface area contributed by atoms with Crippen LogP contribution < -0.4 is 5.32 Å². The van der Waals surface area contributed by atoms with Crippen molar-refractivity contribution < 1.29 is 0 Å². The topological polar surface area (TPSA) is 42.7 Å². The molecule has 4 heteroatoms. The van der Waals surface area contributed by atoms with E-state index in [0.717, 1.165) is 18.8 Å². The Balaban J connectivity index is 2.64. The zero-order valence-electron chi connectivity index (χ0n) is 10.9. The highest BCUT2D eigenvalue weighted by molar-refractivity contribution is 4.91. The standard InChI is InChI=1S/C12H24N4/c1-5-7-11(13-6-2)8-12-14-9-15-16(12)10(3)4/h9-11,13H,5-8H2,1-4H3. The number of rotatable bonds is 7.